The zero-order valence-electron chi connectivity index (χ0n) is 11.6. The van der Waals surface area contributed by atoms with Gasteiger partial charge in [-0.3, -0.25) is 0 Å². The largest absolute Gasteiger partial charge is 0.496 e. The quantitative estimate of drug-likeness (QED) is 0.770. The van der Waals surface area contributed by atoms with Crippen LogP contribution in [0.15, 0.2) is 47.1 Å². The average Bonchev–Trinajstić information content (AvgIpc) is 2.92. The Bertz CT molecular complexity index is 756. The molecule has 1 aromatic carbocycles. The zero-order valence-corrected chi connectivity index (χ0v) is 13.2. The molecule has 3 aromatic rings. The van der Waals surface area contributed by atoms with Gasteiger partial charge in [-0.05, 0) is 46.1 Å². The van der Waals surface area contributed by atoms with E-state index < -0.39 is 0 Å². The predicted octanol–water partition coefficient (Wildman–Crippen LogP) is 3.16. The van der Waals surface area contributed by atoms with Gasteiger partial charge in [-0.15, -0.1) is 5.10 Å². The first-order valence-electron chi connectivity index (χ1n) is 6.64. The molecule has 108 valence electrons. The lowest BCUT2D eigenvalue weighted by atomic mass is 10.1. The summed E-state index contributed by atoms with van der Waals surface area (Å²) in [5.74, 6) is 1.53. The molecule has 0 aliphatic rings. The number of hydrogen-bond donors (Lipinski definition) is 1. The monoisotopic (exact) mass is 346 g/mol. The molecule has 0 saturated carbocycles. The SMILES string of the molecule is COc1ccccc1CCNc1nc2c(Br)cccn2n1. The Morgan fingerprint density at radius 1 is 1.24 bits per heavy atom. The van der Waals surface area contributed by atoms with E-state index in [4.69, 9.17) is 4.74 Å². The van der Waals surface area contributed by atoms with E-state index in [1.807, 2.05) is 36.5 Å². The van der Waals surface area contributed by atoms with Crippen molar-refractivity contribution in [3.63, 3.8) is 0 Å². The number of pyridine rings is 1. The molecule has 2 heterocycles. The van der Waals surface area contributed by atoms with Gasteiger partial charge in [0.25, 0.3) is 0 Å². The minimum atomic E-state index is 0.622. The smallest absolute Gasteiger partial charge is 0.243 e. The van der Waals surface area contributed by atoms with Crippen molar-refractivity contribution in [1.29, 1.82) is 0 Å². The van der Waals surface area contributed by atoms with Crippen LogP contribution in [-0.4, -0.2) is 28.3 Å². The summed E-state index contributed by atoms with van der Waals surface area (Å²) in [6, 6.07) is 11.9. The first-order chi connectivity index (χ1) is 10.3. The topological polar surface area (TPSA) is 51.5 Å². The number of hydrogen-bond acceptors (Lipinski definition) is 4. The van der Waals surface area contributed by atoms with Gasteiger partial charge in [0.15, 0.2) is 5.65 Å². The highest BCUT2D eigenvalue weighted by atomic mass is 79.9. The van der Waals surface area contributed by atoms with Crippen LogP contribution < -0.4 is 10.1 Å². The fraction of sp³-hybridized carbons (Fsp3) is 0.200. The van der Waals surface area contributed by atoms with Crippen LogP contribution in [0.3, 0.4) is 0 Å². The standard InChI is InChI=1S/C15H15BrN4O/c1-21-13-7-3-2-5-11(13)8-9-17-15-18-14-12(16)6-4-10-20(14)19-15/h2-7,10H,8-9H2,1H3,(H,17,19). The number of benzene rings is 1. The first-order valence-corrected chi connectivity index (χ1v) is 7.44. The molecular weight excluding hydrogens is 332 g/mol. The second kappa shape index (κ2) is 6.13. The Labute approximate surface area is 131 Å². The maximum atomic E-state index is 5.34. The Morgan fingerprint density at radius 3 is 2.90 bits per heavy atom. The molecule has 0 fully saturated rings. The molecule has 2 aromatic heterocycles. The Balaban J connectivity index is 1.68. The lowest BCUT2D eigenvalue weighted by Crippen LogP contribution is -2.07. The van der Waals surface area contributed by atoms with E-state index >= 15 is 0 Å². The highest BCUT2D eigenvalue weighted by Gasteiger charge is 2.06. The van der Waals surface area contributed by atoms with Crippen molar-refractivity contribution in [3.05, 3.63) is 52.6 Å². The summed E-state index contributed by atoms with van der Waals surface area (Å²) in [4.78, 5) is 4.45. The van der Waals surface area contributed by atoms with Gasteiger partial charge in [0.1, 0.15) is 5.75 Å². The van der Waals surface area contributed by atoms with Crippen molar-refractivity contribution in [2.75, 3.05) is 19.0 Å². The van der Waals surface area contributed by atoms with Gasteiger partial charge in [-0.1, -0.05) is 18.2 Å². The molecule has 21 heavy (non-hydrogen) atoms. The maximum absolute atomic E-state index is 5.34. The summed E-state index contributed by atoms with van der Waals surface area (Å²) in [6.07, 6.45) is 2.72. The summed E-state index contributed by atoms with van der Waals surface area (Å²) in [6.45, 7) is 0.745. The lowest BCUT2D eigenvalue weighted by molar-refractivity contribution is 0.410. The van der Waals surface area contributed by atoms with Crippen molar-refractivity contribution in [2.45, 2.75) is 6.42 Å². The van der Waals surface area contributed by atoms with E-state index in [0.717, 1.165) is 34.4 Å². The van der Waals surface area contributed by atoms with Crippen molar-refractivity contribution in [2.24, 2.45) is 0 Å². The normalized spacial score (nSPS) is 10.8. The number of ether oxygens (including phenoxy) is 1. The number of nitrogens with zero attached hydrogens (tertiary/aromatic N) is 3. The molecule has 0 saturated heterocycles. The van der Waals surface area contributed by atoms with E-state index in [2.05, 4.69) is 37.4 Å². The molecule has 0 aliphatic heterocycles. The van der Waals surface area contributed by atoms with Gasteiger partial charge in [0.2, 0.25) is 5.95 Å². The van der Waals surface area contributed by atoms with Gasteiger partial charge in [0, 0.05) is 12.7 Å². The molecule has 3 rings (SSSR count). The number of fused-ring (bicyclic) bond motifs is 1. The molecule has 0 bridgehead atoms. The molecule has 5 nitrogen and oxygen atoms in total. The van der Waals surface area contributed by atoms with Crippen LogP contribution in [0.4, 0.5) is 5.95 Å². The number of para-hydroxylation sites is 1. The van der Waals surface area contributed by atoms with Crippen LogP contribution in [-0.2, 0) is 6.42 Å². The van der Waals surface area contributed by atoms with Gasteiger partial charge in [-0.2, -0.15) is 4.98 Å². The van der Waals surface area contributed by atoms with Crippen LogP contribution in [0.25, 0.3) is 5.65 Å². The molecular formula is C15H15BrN4O. The van der Waals surface area contributed by atoms with Crippen molar-refractivity contribution < 1.29 is 4.74 Å². The molecule has 0 unspecified atom stereocenters. The first kappa shape index (κ1) is 13.9. The summed E-state index contributed by atoms with van der Waals surface area (Å²) in [7, 11) is 1.69. The maximum Gasteiger partial charge on any atom is 0.243 e. The summed E-state index contributed by atoms with van der Waals surface area (Å²) in [5.41, 5.74) is 1.97. The summed E-state index contributed by atoms with van der Waals surface area (Å²) in [5, 5.41) is 7.62. The van der Waals surface area contributed by atoms with E-state index in [0.29, 0.717) is 5.95 Å². The lowest BCUT2D eigenvalue weighted by Gasteiger charge is -2.07. The fourth-order valence-electron chi connectivity index (χ4n) is 2.17. The highest BCUT2D eigenvalue weighted by molar-refractivity contribution is 9.10. The van der Waals surface area contributed by atoms with Gasteiger partial charge < -0.3 is 10.1 Å². The van der Waals surface area contributed by atoms with E-state index in [1.165, 1.54) is 0 Å². The Hall–Kier alpha value is -2.08. The highest BCUT2D eigenvalue weighted by Crippen LogP contribution is 2.19. The number of halogens is 1. The van der Waals surface area contributed by atoms with Crippen LogP contribution in [0.2, 0.25) is 0 Å². The number of aromatic nitrogens is 3. The number of nitrogens with one attached hydrogen (secondary N) is 1. The molecule has 0 amide bonds. The molecule has 1 N–H and O–H groups in total. The average molecular weight is 347 g/mol. The zero-order chi connectivity index (χ0) is 14.7. The molecule has 0 aliphatic carbocycles. The van der Waals surface area contributed by atoms with Gasteiger partial charge in [-0.25, -0.2) is 4.52 Å². The van der Waals surface area contributed by atoms with E-state index in [9.17, 15) is 0 Å². The van der Waals surface area contributed by atoms with Crippen LogP contribution in [0.5, 0.6) is 5.75 Å². The second-order valence-electron chi connectivity index (χ2n) is 4.55. The van der Waals surface area contributed by atoms with Crippen LogP contribution in [0.1, 0.15) is 5.56 Å². The predicted molar refractivity (Wildman–Crippen MR) is 85.9 cm³/mol. The van der Waals surface area contributed by atoms with Gasteiger partial charge >= 0.3 is 0 Å². The number of methoxy groups -OCH3 is 1. The number of anilines is 1. The summed E-state index contributed by atoms with van der Waals surface area (Å²) < 4.78 is 8.01. The number of rotatable bonds is 5. The van der Waals surface area contributed by atoms with Crippen LogP contribution in [0, 0.1) is 0 Å². The fourth-order valence-corrected chi connectivity index (χ4v) is 2.59. The summed E-state index contributed by atoms with van der Waals surface area (Å²) >= 11 is 3.47. The Kier molecular flexibility index (Phi) is 4.06. The van der Waals surface area contributed by atoms with Crippen molar-refractivity contribution in [3.8, 4) is 5.75 Å². The van der Waals surface area contributed by atoms with Crippen molar-refractivity contribution >= 4 is 27.5 Å². The minimum absolute atomic E-state index is 0.622. The van der Waals surface area contributed by atoms with Gasteiger partial charge in [0.05, 0.1) is 11.6 Å². The van der Waals surface area contributed by atoms with Crippen LogP contribution >= 0.6 is 15.9 Å². The second-order valence-corrected chi connectivity index (χ2v) is 5.40. The molecule has 0 atom stereocenters. The Morgan fingerprint density at radius 2 is 2.10 bits per heavy atom. The van der Waals surface area contributed by atoms with Crippen molar-refractivity contribution in [1.82, 2.24) is 14.6 Å². The third kappa shape index (κ3) is 3.00. The molecule has 0 spiro atoms. The van der Waals surface area contributed by atoms with E-state index in [1.54, 1.807) is 11.6 Å². The third-order valence-electron chi connectivity index (χ3n) is 3.18. The molecule has 0 radical (unpaired) electrons. The molecule has 6 heteroatoms. The minimum Gasteiger partial charge on any atom is -0.496 e. The third-order valence-corrected chi connectivity index (χ3v) is 3.80. The van der Waals surface area contributed by atoms with E-state index in [-0.39, 0.29) is 0 Å².